The third-order valence-corrected chi connectivity index (χ3v) is 9.28. The summed E-state index contributed by atoms with van der Waals surface area (Å²) in [5, 5.41) is 16.4. The molecule has 2 aromatic rings. The van der Waals surface area contributed by atoms with Gasteiger partial charge in [0, 0.05) is 44.4 Å². The molecule has 3 N–H and O–H groups in total. The quantitative estimate of drug-likeness (QED) is 0.340. The van der Waals surface area contributed by atoms with Crippen LogP contribution in [0.4, 0.5) is 10.5 Å². The maximum atomic E-state index is 14.4. The summed E-state index contributed by atoms with van der Waals surface area (Å²) < 4.78 is 12.7. The molecule has 0 bridgehead atoms. The highest BCUT2D eigenvalue weighted by atomic mass is 16.5. The topological polar surface area (TPSA) is 120 Å². The van der Waals surface area contributed by atoms with Gasteiger partial charge in [0.2, 0.25) is 5.91 Å². The van der Waals surface area contributed by atoms with Crippen LogP contribution in [0.5, 0.6) is 5.75 Å². The molecule has 0 spiro atoms. The van der Waals surface area contributed by atoms with Crippen LogP contribution in [0, 0.1) is 5.92 Å². The second-order valence-electron chi connectivity index (χ2n) is 13.4. The monoisotopic (exact) mass is 650 g/mol. The number of likely N-dealkylation sites (N-methyl/N-ethyl adjacent to an activating group) is 1. The van der Waals surface area contributed by atoms with Crippen molar-refractivity contribution in [3.8, 4) is 5.75 Å². The molecule has 1 heterocycles. The van der Waals surface area contributed by atoms with Crippen molar-refractivity contribution in [3.63, 3.8) is 0 Å². The van der Waals surface area contributed by atoms with E-state index in [4.69, 9.17) is 9.47 Å². The summed E-state index contributed by atoms with van der Waals surface area (Å²) in [6.07, 6.45) is 7.73. The van der Waals surface area contributed by atoms with Gasteiger partial charge < -0.3 is 35.0 Å². The Bertz CT molecular complexity index is 1300. The minimum Gasteiger partial charge on any atom is -0.490 e. The average Bonchev–Trinajstić information content (AvgIpc) is 3.06. The predicted molar refractivity (Wildman–Crippen MR) is 184 cm³/mol. The second-order valence-corrected chi connectivity index (χ2v) is 13.4. The lowest BCUT2D eigenvalue weighted by molar-refractivity contribution is -0.115. The fraction of sp³-hybridized carbons (Fsp3) is 0.595. The fourth-order valence-corrected chi connectivity index (χ4v) is 6.33. The second kappa shape index (κ2) is 18.1. The molecule has 0 radical (unpaired) electrons. The Morgan fingerprint density at radius 3 is 2.47 bits per heavy atom. The van der Waals surface area contributed by atoms with Crippen molar-refractivity contribution in [3.05, 3.63) is 59.7 Å². The number of aliphatic hydroxyl groups excluding tert-OH is 1. The Labute approximate surface area is 280 Å². The van der Waals surface area contributed by atoms with Crippen molar-refractivity contribution in [2.24, 2.45) is 5.92 Å². The van der Waals surface area contributed by atoms with E-state index in [1.807, 2.05) is 51.1 Å². The third kappa shape index (κ3) is 11.0. The molecule has 4 atom stereocenters. The van der Waals surface area contributed by atoms with Gasteiger partial charge in [0.15, 0.2) is 0 Å². The van der Waals surface area contributed by atoms with Gasteiger partial charge in [0.1, 0.15) is 5.75 Å². The van der Waals surface area contributed by atoms with Crippen LogP contribution in [0.2, 0.25) is 0 Å². The molecule has 4 rings (SSSR count). The van der Waals surface area contributed by atoms with Crippen molar-refractivity contribution in [1.29, 1.82) is 0 Å². The first-order chi connectivity index (χ1) is 22.6. The first-order valence-electron chi connectivity index (χ1n) is 17.3. The van der Waals surface area contributed by atoms with Crippen LogP contribution >= 0.6 is 0 Å². The number of hydrogen-bond donors (Lipinski definition) is 3. The number of benzene rings is 2. The molecular weight excluding hydrogens is 596 g/mol. The summed E-state index contributed by atoms with van der Waals surface area (Å²) in [6, 6.07) is 14.3. The molecular formula is C37H54N4O6. The van der Waals surface area contributed by atoms with E-state index in [0.717, 1.165) is 50.5 Å². The minimum atomic E-state index is -0.493. The van der Waals surface area contributed by atoms with Crippen molar-refractivity contribution in [2.75, 3.05) is 38.7 Å². The van der Waals surface area contributed by atoms with Crippen LogP contribution in [0.15, 0.2) is 48.5 Å². The predicted octanol–water partition coefficient (Wildman–Crippen LogP) is 5.64. The van der Waals surface area contributed by atoms with E-state index < -0.39 is 6.04 Å². The van der Waals surface area contributed by atoms with Crippen LogP contribution < -0.4 is 15.4 Å². The molecule has 1 aliphatic carbocycles. The molecule has 10 nitrogen and oxygen atoms in total. The highest BCUT2D eigenvalue weighted by Gasteiger charge is 2.31. The van der Waals surface area contributed by atoms with Crippen LogP contribution in [0.1, 0.15) is 88.1 Å². The number of nitrogens with zero attached hydrogens (tertiary/aromatic N) is 2. The maximum absolute atomic E-state index is 14.4. The van der Waals surface area contributed by atoms with E-state index in [2.05, 4.69) is 10.6 Å². The van der Waals surface area contributed by atoms with E-state index in [-0.39, 0.29) is 55.0 Å². The number of carbonyl (C=O) groups excluding carboxylic acids is 3. The lowest BCUT2D eigenvalue weighted by Crippen LogP contribution is -2.50. The van der Waals surface area contributed by atoms with Crippen LogP contribution in [-0.2, 0) is 16.0 Å². The van der Waals surface area contributed by atoms with Crippen LogP contribution in [0.3, 0.4) is 0 Å². The SMILES string of the molecule is C[C@@H]1CN([C@H](C)CO)C(=O)c2cc(NC(=O)Cc3ccccc3)ccc2O[C@@H](C)CCCCO[C@H]1CN(C)C(=O)NC1CCCCC1. The molecule has 10 heteroatoms. The standard InChI is InChI=1S/C37H54N4O6/c1-26-23-41(27(2)25-42)36(44)32-22-31(38-35(43)21-29-14-7-5-8-15-29)18-19-33(32)47-28(3)13-11-12-20-46-34(26)24-40(4)37(45)39-30-16-9-6-10-17-30/h5,7-8,14-15,18-19,22,26-28,30,34,42H,6,9-13,16-17,20-21,23-25H2,1-4H3,(H,38,43)(H,39,45)/t26-,27-,28+,34+/m1/s1. The van der Waals surface area contributed by atoms with E-state index in [9.17, 15) is 19.5 Å². The fourth-order valence-electron chi connectivity index (χ4n) is 6.33. The Balaban J connectivity index is 1.56. The number of ether oxygens (including phenoxy) is 2. The summed E-state index contributed by atoms with van der Waals surface area (Å²) in [5.41, 5.74) is 1.70. The Morgan fingerprint density at radius 2 is 1.74 bits per heavy atom. The molecule has 258 valence electrons. The van der Waals surface area contributed by atoms with Gasteiger partial charge in [-0.3, -0.25) is 9.59 Å². The summed E-state index contributed by atoms with van der Waals surface area (Å²) in [7, 11) is 1.79. The first-order valence-corrected chi connectivity index (χ1v) is 17.3. The first kappa shape index (κ1) is 36.2. The molecule has 0 aromatic heterocycles. The molecule has 0 saturated heterocycles. The number of urea groups is 1. The van der Waals surface area contributed by atoms with Crippen molar-refractivity contribution in [1.82, 2.24) is 15.1 Å². The van der Waals surface area contributed by atoms with Gasteiger partial charge in [-0.15, -0.1) is 0 Å². The molecule has 1 fully saturated rings. The highest BCUT2D eigenvalue weighted by Crippen LogP contribution is 2.29. The van der Waals surface area contributed by atoms with Gasteiger partial charge in [-0.2, -0.15) is 0 Å². The lowest BCUT2D eigenvalue weighted by Gasteiger charge is -2.36. The largest absolute Gasteiger partial charge is 0.490 e. The number of nitrogens with one attached hydrogen (secondary N) is 2. The molecule has 0 unspecified atom stereocenters. The van der Waals surface area contributed by atoms with Gasteiger partial charge in [0.05, 0.1) is 36.8 Å². The van der Waals surface area contributed by atoms with Crippen molar-refractivity contribution in [2.45, 2.75) is 103 Å². The third-order valence-electron chi connectivity index (χ3n) is 9.28. The molecule has 2 aromatic carbocycles. The number of anilines is 1. The van der Waals surface area contributed by atoms with E-state index in [1.54, 1.807) is 35.0 Å². The normalized spacial score (nSPS) is 22.3. The number of carbonyl (C=O) groups is 3. The molecule has 2 aliphatic rings. The molecule has 1 saturated carbocycles. The number of amides is 4. The smallest absolute Gasteiger partial charge is 0.317 e. The van der Waals surface area contributed by atoms with Gasteiger partial charge in [-0.25, -0.2) is 4.79 Å². The number of rotatable bonds is 8. The van der Waals surface area contributed by atoms with Gasteiger partial charge in [-0.05, 0) is 69.7 Å². The zero-order chi connectivity index (χ0) is 33.8. The average molecular weight is 651 g/mol. The summed E-state index contributed by atoms with van der Waals surface area (Å²) in [6.45, 7) is 6.79. The van der Waals surface area contributed by atoms with Gasteiger partial charge >= 0.3 is 6.03 Å². The Kier molecular flexibility index (Phi) is 13.9. The highest BCUT2D eigenvalue weighted by molar-refractivity contribution is 6.00. The van der Waals surface area contributed by atoms with E-state index in [0.29, 0.717) is 36.7 Å². The Hall–Kier alpha value is -3.63. The van der Waals surface area contributed by atoms with Crippen molar-refractivity contribution >= 4 is 23.5 Å². The molecule has 47 heavy (non-hydrogen) atoms. The minimum absolute atomic E-state index is 0.106. The van der Waals surface area contributed by atoms with Crippen molar-refractivity contribution < 1.29 is 29.0 Å². The Morgan fingerprint density at radius 1 is 1.02 bits per heavy atom. The number of hydrogen-bond acceptors (Lipinski definition) is 6. The van der Waals surface area contributed by atoms with E-state index in [1.165, 1.54) is 6.42 Å². The van der Waals surface area contributed by atoms with Crippen LogP contribution in [0.25, 0.3) is 0 Å². The zero-order valence-corrected chi connectivity index (χ0v) is 28.6. The van der Waals surface area contributed by atoms with Gasteiger partial charge in [-0.1, -0.05) is 56.5 Å². The van der Waals surface area contributed by atoms with Crippen LogP contribution in [-0.4, -0.2) is 90.4 Å². The summed E-state index contributed by atoms with van der Waals surface area (Å²) in [4.78, 5) is 43.7. The van der Waals surface area contributed by atoms with Gasteiger partial charge in [0.25, 0.3) is 5.91 Å². The maximum Gasteiger partial charge on any atom is 0.317 e. The van der Waals surface area contributed by atoms with E-state index >= 15 is 0 Å². The summed E-state index contributed by atoms with van der Waals surface area (Å²) in [5.74, 6) is -0.211. The lowest BCUT2D eigenvalue weighted by atomic mass is 9.96. The molecule has 1 aliphatic heterocycles. The summed E-state index contributed by atoms with van der Waals surface area (Å²) >= 11 is 0. The number of fused-ring (bicyclic) bond motifs is 1. The number of aliphatic hydroxyl groups is 1. The zero-order valence-electron chi connectivity index (χ0n) is 28.6. The molecule has 4 amide bonds.